The van der Waals surface area contributed by atoms with Crippen LogP contribution < -0.4 is 5.32 Å². The van der Waals surface area contributed by atoms with E-state index < -0.39 is 0 Å². The van der Waals surface area contributed by atoms with Crippen molar-refractivity contribution in [2.75, 3.05) is 19.6 Å². The molecule has 0 aromatic heterocycles. The molecule has 0 saturated heterocycles. The van der Waals surface area contributed by atoms with Crippen LogP contribution in [0.25, 0.3) is 0 Å². The second kappa shape index (κ2) is 8.18. The summed E-state index contributed by atoms with van der Waals surface area (Å²) in [6.45, 7) is 8.54. The lowest BCUT2D eigenvalue weighted by atomic mass is 10.0. The van der Waals surface area contributed by atoms with Crippen molar-refractivity contribution in [1.82, 2.24) is 10.2 Å². The molecule has 0 spiro atoms. The Labute approximate surface area is 120 Å². The number of hydrogen-bond acceptors (Lipinski definition) is 2. The standard InChI is InChI=1S/C15H23ClN2O/c1-4-15(19)17-11-14(18(5-2)6-3)12-9-7-8-10-13(12)16/h7-10,14H,4-6,11H2,1-3H3,(H,17,19)/t14-/m1/s1. The highest BCUT2D eigenvalue weighted by molar-refractivity contribution is 6.31. The molecule has 1 rings (SSSR count). The summed E-state index contributed by atoms with van der Waals surface area (Å²) in [5, 5.41) is 3.72. The fourth-order valence-electron chi connectivity index (χ4n) is 2.18. The molecule has 1 atom stereocenters. The number of nitrogens with one attached hydrogen (secondary N) is 1. The van der Waals surface area contributed by atoms with Crippen molar-refractivity contribution in [1.29, 1.82) is 0 Å². The number of likely N-dealkylation sites (N-methyl/N-ethyl adjacent to an activating group) is 1. The topological polar surface area (TPSA) is 32.3 Å². The van der Waals surface area contributed by atoms with Crippen LogP contribution in [0.3, 0.4) is 0 Å². The number of halogens is 1. The molecule has 19 heavy (non-hydrogen) atoms. The Hall–Kier alpha value is -1.06. The van der Waals surface area contributed by atoms with Crippen molar-refractivity contribution >= 4 is 17.5 Å². The van der Waals surface area contributed by atoms with E-state index >= 15 is 0 Å². The van der Waals surface area contributed by atoms with Gasteiger partial charge in [-0.2, -0.15) is 0 Å². The van der Waals surface area contributed by atoms with E-state index in [-0.39, 0.29) is 11.9 Å². The van der Waals surface area contributed by atoms with Crippen molar-refractivity contribution in [3.8, 4) is 0 Å². The summed E-state index contributed by atoms with van der Waals surface area (Å²) in [7, 11) is 0. The van der Waals surface area contributed by atoms with Gasteiger partial charge in [0, 0.05) is 18.0 Å². The van der Waals surface area contributed by atoms with Crippen LogP contribution >= 0.6 is 11.6 Å². The van der Waals surface area contributed by atoms with E-state index in [1.54, 1.807) is 0 Å². The van der Waals surface area contributed by atoms with Crippen molar-refractivity contribution in [2.45, 2.75) is 33.2 Å². The maximum Gasteiger partial charge on any atom is 0.219 e. The molecule has 106 valence electrons. The first-order chi connectivity index (χ1) is 9.13. The van der Waals surface area contributed by atoms with E-state index in [1.807, 2.05) is 31.2 Å². The lowest BCUT2D eigenvalue weighted by Gasteiger charge is -2.30. The van der Waals surface area contributed by atoms with Crippen LogP contribution in [-0.4, -0.2) is 30.4 Å². The van der Waals surface area contributed by atoms with Crippen molar-refractivity contribution in [3.05, 3.63) is 34.9 Å². The summed E-state index contributed by atoms with van der Waals surface area (Å²) >= 11 is 6.29. The Morgan fingerprint density at radius 1 is 1.26 bits per heavy atom. The molecule has 0 heterocycles. The zero-order valence-electron chi connectivity index (χ0n) is 11.9. The average molecular weight is 283 g/mol. The van der Waals surface area contributed by atoms with Crippen LogP contribution in [0.15, 0.2) is 24.3 Å². The van der Waals surface area contributed by atoms with Crippen molar-refractivity contribution in [3.63, 3.8) is 0 Å². The smallest absolute Gasteiger partial charge is 0.219 e. The first-order valence-corrected chi connectivity index (χ1v) is 7.26. The minimum atomic E-state index is 0.0733. The number of nitrogens with zero attached hydrogens (tertiary/aromatic N) is 1. The molecule has 0 unspecified atom stereocenters. The van der Waals surface area contributed by atoms with Gasteiger partial charge in [0.1, 0.15) is 0 Å². The monoisotopic (exact) mass is 282 g/mol. The van der Waals surface area contributed by atoms with E-state index in [1.165, 1.54) is 0 Å². The molecular weight excluding hydrogens is 260 g/mol. The van der Waals surface area contributed by atoms with Gasteiger partial charge in [0.05, 0.1) is 6.04 Å². The molecular formula is C15H23ClN2O. The molecule has 1 aromatic rings. The first-order valence-electron chi connectivity index (χ1n) is 6.89. The number of hydrogen-bond donors (Lipinski definition) is 1. The van der Waals surface area contributed by atoms with E-state index in [4.69, 9.17) is 11.6 Å². The van der Waals surface area contributed by atoms with Gasteiger partial charge in [0.25, 0.3) is 0 Å². The van der Waals surface area contributed by atoms with Crippen LogP contribution in [0.1, 0.15) is 38.8 Å². The summed E-state index contributed by atoms with van der Waals surface area (Å²) in [5.41, 5.74) is 1.07. The van der Waals surface area contributed by atoms with Crippen molar-refractivity contribution in [2.24, 2.45) is 0 Å². The number of carbonyl (C=O) groups excluding carboxylic acids is 1. The number of carbonyl (C=O) groups is 1. The second-order valence-electron chi connectivity index (χ2n) is 4.42. The van der Waals surface area contributed by atoms with Crippen LogP contribution in [0.4, 0.5) is 0 Å². The van der Waals surface area contributed by atoms with E-state index in [2.05, 4.69) is 24.1 Å². The normalized spacial score (nSPS) is 12.5. The summed E-state index contributed by atoms with van der Waals surface area (Å²) < 4.78 is 0. The van der Waals surface area contributed by atoms with Gasteiger partial charge in [0.15, 0.2) is 0 Å². The molecule has 0 aliphatic rings. The quantitative estimate of drug-likeness (QED) is 0.833. The molecule has 1 aromatic carbocycles. The molecule has 3 nitrogen and oxygen atoms in total. The molecule has 0 aliphatic heterocycles. The highest BCUT2D eigenvalue weighted by Crippen LogP contribution is 2.26. The maximum atomic E-state index is 11.5. The number of benzene rings is 1. The molecule has 0 saturated carbocycles. The Morgan fingerprint density at radius 2 is 1.89 bits per heavy atom. The van der Waals surface area contributed by atoms with Gasteiger partial charge in [-0.15, -0.1) is 0 Å². The number of rotatable bonds is 7. The van der Waals surface area contributed by atoms with E-state index in [0.717, 1.165) is 23.7 Å². The third kappa shape index (κ3) is 4.51. The molecule has 4 heteroatoms. The molecule has 0 bridgehead atoms. The Kier molecular flexibility index (Phi) is 6.89. The first kappa shape index (κ1) is 16.0. The highest BCUT2D eigenvalue weighted by atomic mass is 35.5. The van der Waals surface area contributed by atoms with Gasteiger partial charge in [-0.05, 0) is 24.7 Å². The Bertz CT molecular complexity index is 405. The molecule has 1 amide bonds. The fourth-order valence-corrected chi connectivity index (χ4v) is 2.44. The maximum absolute atomic E-state index is 11.5. The average Bonchev–Trinajstić information content (AvgIpc) is 2.44. The third-order valence-electron chi connectivity index (χ3n) is 3.33. The molecule has 1 N–H and O–H groups in total. The van der Waals surface area contributed by atoms with E-state index in [0.29, 0.717) is 13.0 Å². The van der Waals surface area contributed by atoms with Crippen LogP contribution in [0.2, 0.25) is 5.02 Å². The van der Waals surface area contributed by atoms with Crippen molar-refractivity contribution < 1.29 is 4.79 Å². The van der Waals surface area contributed by atoms with Gasteiger partial charge >= 0.3 is 0 Å². The Balaban J connectivity index is 2.92. The summed E-state index contributed by atoms with van der Waals surface area (Å²) in [4.78, 5) is 13.8. The third-order valence-corrected chi connectivity index (χ3v) is 3.68. The SMILES string of the molecule is CCC(=O)NC[C@H](c1ccccc1Cl)N(CC)CC. The summed E-state index contributed by atoms with van der Waals surface area (Å²) in [5.74, 6) is 0.0733. The highest BCUT2D eigenvalue weighted by Gasteiger charge is 2.20. The van der Waals surface area contributed by atoms with Crippen LogP contribution in [-0.2, 0) is 4.79 Å². The zero-order valence-corrected chi connectivity index (χ0v) is 12.7. The minimum Gasteiger partial charge on any atom is -0.354 e. The summed E-state index contributed by atoms with van der Waals surface area (Å²) in [6, 6.07) is 7.97. The second-order valence-corrected chi connectivity index (χ2v) is 4.82. The summed E-state index contributed by atoms with van der Waals surface area (Å²) in [6.07, 6.45) is 0.507. The van der Waals surface area contributed by atoms with Crippen LogP contribution in [0, 0.1) is 0 Å². The zero-order chi connectivity index (χ0) is 14.3. The van der Waals surface area contributed by atoms with Gasteiger partial charge in [-0.25, -0.2) is 0 Å². The van der Waals surface area contributed by atoms with Crippen LogP contribution in [0.5, 0.6) is 0 Å². The van der Waals surface area contributed by atoms with Gasteiger partial charge in [0.2, 0.25) is 5.91 Å². The lowest BCUT2D eigenvalue weighted by Crippen LogP contribution is -2.38. The van der Waals surface area contributed by atoms with Gasteiger partial charge < -0.3 is 5.32 Å². The lowest BCUT2D eigenvalue weighted by molar-refractivity contribution is -0.121. The van der Waals surface area contributed by atoms with Gasteiger partial charge in [-0.3, -0.25) is 9.69 Å². The minimum absolute atomic E-state index is 0.0733. The number of amides is 1. The molecule has 0 radical (unpaired) electrons. The van der Waals surface area contributed by atoms with Gasteiger partial charge in [-0.1, -0.05) is 50.6 Å². The molecule has 0 aliphatic carbocycles. The predicted octanol–water partition coefficient (Wildman–Crippen LogP) is 3.25. The fraction of sp³-hybridized carbons (Fsp3) is 0.533. The molecule has 0 fully saturated rings. The van der Waals surface area contributed by atoms with E-state index in [9.17, 15) is 4.79 Å². The largest absolute Gasteiger partial charge is 0.354 e. The Morgan fingerprint density at radius 3 is 2.42 bits per heavy atom. The predicted molar refractivity (Wildman–Crippen MR) is 80.4 cm³/mol.